The third kappa shape index (κ3) is 6.03. The molecule has 0 saturated heterocycles. The number of rotatable bonds is 5. The molecule has 25 heavy (non-hydrogen) atoms. The Kier molecular flexibility index (Phi) is 6.01. The van der Waals surface area contributed by atoms with Crippen LogP contribution in [0, 0.1) is 0 Å². The SMILES string of the molecule is CC(C)(N)CC(CC(=O)O)c1cc(C(C)(C)C)c(O)c(C(C)(C)C)c1. The zero-order valence-electron chi connectivity index (χ0n) is 17.0. The number of carboxylic acids is 1. The lowest BCUT2D eigenvalue weighted by molar-refractivity contribution is -0.137. The molecule has 0 fully saturated rings. The molecule has 0 spiro atoms. The second kappa shape index (κ2) is 6.99. The highest BCUT2D eigenvalue weighted by molar-refractivity contribution is 5.68. The Morgan fingerprint density at radius 3 is 1.68 bits per heavy atom. The summed E-state index contributed by atoms with van der Waals surface area (Å²) in [6, 6.07) is 3.92. The Hall–Kier alpha value is -1.55. The molecule has 1 unspecified atom stereocenters. The van der Waals surface area contributed by atoms with Crippen LogP contribution in [0.25, 0.3) is 0 Å². The molecule has 0 saturated carbocycles. The molecule has 0 aliphatic carbocycles. The molecule has 0 heterocycles. The molecule has 0 aliphatic rings. The number of phenolic OH excluding ortho intramolecular Hbond substituents is 1. The topological polar surface area (TPSA) is 83.6 Å². The molecule has 142 valence electrons. The van der Waals surface area contributed by atoms with Gasteiger partial charge < -0.3 is 15.9 Å². The molecule has 4 N–H and O–H groups in total. The molecule has 4 nitrogen and oxygen atoms in total. The van der Waals surface area contributed by atoms with Gasteiger partial charge in [0.05, 0.1) is 6.42 Å². The minimum Gasteiger partial charge on any atom is -0.507 e. The average Bonchev–Trinajstić information content (AvgIpc) is 2.32. The summed E-state index contributed by atoms with van der Waals surface area (Å²) in [6.07, 6.45) is 0.593. The highest BCUT2D eigenvalue weighted by atomic mass is 16.4. The highest BCUT2D eigenvalue weighted by Crippen LogP contribution is 2.42. The number of carbonyl (C=O) groups is 1. The fourth-order valence-corrected chi connectivity index (χ4v) is 3.19. The van der Waals surface area contributed by atoms with E-state index >= 15 is 0 Å². The Morgan fingerprint density at radius 1 is 1.00 bits per heavy atom. The van der Waals surface area contributed by atoms with Crippen molar-refractivity contribution in [2.45, 2.75) is 90.5 Å². The van der Waals surface area contributed by atoms with E-state index < -0.39 is 11.5 Å². The van der Waals surface area contributed by atoms with Gasteiger partial charge in [0.2, 0.25) is 0 Å². The fourth-order valence-electron chi connectivity index (χ4n) is 3.19. The number of carboxylic acid groups (broad SMARTS) is 1. The molecule has 0 bridgehead atoms. The van der Waals surface area contributed by atoms with E-state index in [0.29, 0.717) is 12.2 Å². The molecule has 1 aromatic rings. The predicted octanol–water partition coefficient (Wildman–Crippen LogP) is 4.67. The van der Waals surface area contributed by atoms with Gasteiger partial charge in [0.1, 0.15) is 5.75 Å². The molecule has 1 aromatic carbocycles. The molecule has 0 aliphatic heterocycles. The van der Waals surface area contributed by atoms with Gasteiger partial charge in [-0.1, -0.05) is 53.7 Å². The number of hydrogen-bond acceptors (Lipinski definition) is 3. The van der Waals surface area contributed by atoms with Gasteiger partial charge in [-0.3, -0.25) is 4.79 Å². The Bertz CT molecular complexity index is 593. The van der Waals surface area contributed by atoms with Crippen molar-refractivity contribution < 1.29 is 15.0 Å². The van der Waals surface area contributed by atoms with E-state index in [2.05, 4.69) is 41.5 Å². The monoisotopic (exact) mass is 349 g/mol. The number of aromatic hydroxyl groups is 1. The largest absolute Gasteiger partial charge is 0.507 e. The van der Waals surface area contributed by atoms with Crippen molar-refractivity contribution in [2.24, 2.45) is 5.73 Å². The van der Waals surface area contributed by atoms with E-state index in [1.807, 2.05) is 26.0 Å². The van der Waals surface area contributed by atoms with E-state index in [0.717, 1.165) is 16.7 Å². The van der Waals surface area contributed by atoms with Crippen LogP contribution in [0.15, 0.2) is 12.1 Å². The van der Waals surface area contributed by atoms with E-state index in [9.17, 15) is 15.0 Å². The second-order valence-corrected chi connectivity index (χ2v) is 9.95. The minimum absolute atomic E-state index is 0.0264. The van der Waals surface area contributed by atoms with E-state index in [1.54, 1.807) is 0 Å². The van der Waals surface area contributed by atoms with Gasteiger partial charge in [0, 0.05) is 5.54 Å². The first-order valence-electron chi connectivity index (χ1n) is 8.91. The first-order valence-corrected chi connectivity index (χ1v) is 8.91. The smallest absolute Gasteiger partial charge is 0.303 e. The van der Waals surface area contributed by atoms with Gasteiger partial charge in [-0.05, 0) is 53.7 Å². The van der Waals surface area contributed by atoms with Crippen LogP contribution in [0.3, 0.4) is 0 Å². The van der Waals surface area contributed by atoms with Crippen molar-refractivity contribution in [3.8, 4) is 5.75 Å². The summed E-state index contributed by atoms with van der Waals surface area (Å²) in [5.41, 5.74) is 7.86. The standard InChI is InChI=1S/C21H35NO3/c1-19(2,3)15-9-13(10-16(18(15)25)20(4,5)6)14(11-17(23)24)12-21(7,8)22/h9-10,14,25H,11-12,22H2,1-8H3,(H,23,24). The lowest BCUT2D eigenvalue weighted by atomic mass is 9.75. The maximum Gasteiger partial charge on any atom is 0.303 e. The van der Waals surface area contributed by atoms with Gasteiger partial charge in [-0.15, -0.1) is 0 Å². The first kappa shape index (κ1) is 21.5. The summed E-state index contributed by atoms with van der Waals surface area (Å²) < 4.78 is 0. The van der Waals surface area contributed by atoms with Crippen LogP contribution in [0.4, 0.5) is 0 Å². The molecule has 0 radical (unpaired) electrons. The van der Waals surface area contributed by atoms with E-state index in [4.69, 9.17) is 5.73 Å². The molecule has 0 amide bonds. The number of nitrogens with two attached hydrogens (primary N) is 1. The van der Waals surface area contributed by atoms with Crippen molar-refractivity contribution >= 4 is 5.97 Å². The van der Waals surface area contributed by atoms with Crippen molar-refractivity contribution in [3.05, 3.63) is 28.8 Å². The van der Waals surface area contributed by atoms with Gasteiger partial charge in [-0.25, -0.2) is 0 Å². The molecule has 1 atom stereocenters. The van der Waals surface area contributed by atoms with E-state index in [1.165, 1.54) is 0 Å². The molecular weight excluding hydrogens is 314 g/mol. The third-order valence-electron chi connectivity index (χ3n) is 4.41. The quantitative estimate of drug-likeness (QED) is 0.721. The number of phenols is 1. The first-order chi connectivity index (χ1) is 11.0. The minimum atomic E-state index is -0.836. The molecule has 1 rings (SSSR count). The highest BCUT2D eigenvalue weighted by Gasteiger charge is 2.30. The van der Waals surface area contributed by atoms with Crippen LogP contribution >= 0.6 is 0 Å². The van der Waals surface area contributed by atoms with Crippen LogP contribution < -0.4 is 5.73 Å². The second-order valence-electron chi connectivity index (χ2n) is 9.95. The lowest BCUT2D eigenvalue weighted by Gasteiger charge is -2.31. The number of benzene rings is 1. The fraction of sp³-hybridized carbons (Fsp3) is 0.667. The summed E-state index contributed by atoms with van der Waals surface area (Å²) >= 11 is 0. The van der Waals surface area contributed by atoms with Crippen LogP contribution in [0.5, 0.6) is 5.75 Å². The lowest BCUT2D eigenvalue weighted by Crippen LogP contribution is -2.34. The zero-order chi connectivity index (χ0) is 19.8. The van der Waals surface area contributed by atoms with Crippen molar-refractivity contribution in [1.82, 2.24) is 0 Å². The maximum atomic E-state index is 11.4. The summed E-state index contributed by atoms with van der Waals surface area (Å²) in [4.78, 5) is 11.4. The Labute approximate surface area is 152 Å². The Morgan fingerprint density at radius 2 is 1.40 bits per heavy atom. The molecular formula is C21H35NO3. The van der Waals surface area contributed by atoms with Crippen molar-refractivity contribution in [1.29, 1.82) is 0 Å². The zero-order valence-corrected chi connectivity index (χ0v) is 17.0. The summed E-state index contributed by atoms with van der Waals surface area (Å²) in [6.45, 7) is 16.1. The van der Waals surface area contributed by atoms with Crippen molar-refractivity contribution in [3.63, 3.8) is 0 Å². The van der Waals surface area contributed by atoms with Gasteiger partial charge in [0.25, 0.3) is 0 Å². The van der Waals surface area contributed by atoms with Gasteiger partial charge in [0.15, 0.2) is 0 Å². The average molecular weight is 350 g/mol. The predicted molar refractivity (Wildman–Crippen MR) is 103 cm³/mol. The maximum absolute atomic E-state index is 11.4. The van der Waals surface area contributed by atoms with E-state index in [-0.39, 0.29) is 23.2 Å². The molecule has 0 aromatic heterocycles. The number of aliphatic carboxylic acids is 1. The summed E-state index contributed by atoms with van der Waals surface area (Å²) in [5.74, 6) is -0.720. The summed E-state index contributed by atoms with van der Waals surface area (Å²) in [5, 5.41) is 20.2. The van der Waals surface area contributed by atoms with Crippen LogP contribution in [-0.4, -0.2) is 21.7 Å². The van der Waals surface area contributed by atoms with Crippen LogP contribution in [-0.2, 0) is 15.6 Å². The molecule has 4 heteroatoms. The number of hydrogen-bond donors (Lipinski definition) is 3. The Balaban J connectivity index is 3.62. The van der Waals surface area contributed by atoms with Crippen LogP contribution in [0.1, 0.15) is 90.8 Å². The summed E-state index contributed by atoms with van der Waals surface area (Å²) in [7, 11) is 0. The van der Waals surface area contributed by atoms with Gasteiger partial charge in [-0.2, -0.15) is 0 Å². The van der Waals surface area contributed by atoms with Gasteiger partial charge >= 0.3 is 5.97 Å². The van der Waals surface area contributed by atoms with Crippen molar-refractivity contribution in [2.75, 3.05) is 0 Å². The third-order valence-corrected chi connectivity index (χ3v) is 4.41. The van der Waals surface area contributed by atoms with Crippen LogP contribution in [0.2, 0.25) is 0 Å². The normalized spacial score (nSPS) is 14.4.